The van der Waals surface area contributed by atoms with Crippen molar-refractivity contribution in [2.24, 2.45) is 4.99 Å². The van der Waals surface area contributed by atoms with E-state index < -0.39 is 0 Å². The average Bonchev–Trinajstić information content (AvgIpc) is 3.57. The minimum Gasteiger partial charge on any atom is -0.504 e. The summed E-state index contributed by atoms with van der Waals surface area (Å²) in [7, 11) is 3.06. The Bertz CT molecular complexity index is 1620. The Hall–Kier alpha value is -4.71. The van der Waals surface area contributed by atoms with Crippen LogP contribution in [0.4, 0.5) is 0 Å². The van der Waals surface area contributed by atoms with Crippen molar-refractivity contribution in [3.05, 3.63) is 112 Å². The molecular weight excluding hydrogens is 476 g/mol. The molecule has 5 rings (SSSR count). The van der Waals surface area contributed by atoms with E-state index in [1.54, 1.807) is 12.1 Å². The summed E-state index contributed by atoms with van der Waals surface area (Å²) in [5.41, 5.74) is 9.73. The van der Waals surface area contributed by atoms with Gasteiger partial charge in [-0.05, 0) is 86.0 Å². The first-order chi connectivity index (χ1) is 18.3. The quantitative estimate of drug-likeness (QED) is 0.267. The highest BCUT2D eigenvalue weighted by Crippen LogP contribution is 2.40. The molecule has 0 amide bonds. The Morgan fingerprint density at radius 2 is 1.37 bits per heavy atom. The number of hydrogen-bond acceptors (Lipinski definition) is 5. The molecule has 1 aliphatic rings. The molecule has 1 aromatic heterocycles. The van der Waals surface area contributed by atoms with Crippen molar-refractivity contribution in [2.45, 2.75) is 20.8 Å². The summed E-state index contributed by atoms with van der Waals surface area (Å²) in [6, 6.07) is 19.1. The van der Waals surface area contributed by atoms with Crippen molar-refractivity contribution in [3.8, 4) is 34.3 Å². The number of ether oxygens (including phenoxy) is 2. The Morgan fingerprint density at radius 3 is 2.00 bits per heavy atom. The molecule has 3 aromatic carbocycles. The lowest BCUT2D eigenvalue weighted by atomic mass is 9.91. The third-order valence-electron chi connectivity index (χ3n) is 6.78. The Balaban J connectivity index is 1.71. The number of aromatic hydroxyl groups is 2. The number of para-hydroxylation sites is 2. The largest absolute Gasteiger partial charge is 0.504 e. The molecule has 6 nitrogen and oxygen atoms in total. The summed E-state index contributed by atoms with van der Waals surface area (Å²) in [6.07, 6.45) is 3.87. The molecule has 0 spiro atoms. The van der Waals surface area contributed by atoms with Gasteiger partial charge in [-0.15, -0.1) is 0 Å². The van der Waals surface area contributed by atoms with E-state index in [0.29, 0.717) is 28.3 Å². The third kappa shape index (κ3) is 4.34. The predicted molar refractivity (Wildman–Crippen MR) is 151 cm³/mol. The Labute approximate surface area is 222 Å². The lowest BCUT2D eigenvalue weighted by Gasteiger charge is -2.16. The zero-order valence-electron chi connectivity index (χ0n) is 22.1. The molecule has 2 heterocycles. The van der Waals surface area contributed by atoms with Crippen molar-refractivity contribution in [1.29, 1.82) is 0 Å². The van der Waals surface area contributed by atoms with Crippen molar-refractivity contribution >= 4 is 11.3 Å². The van der Waals surface area contributed by atoms with E-state index in [1.165, 1.54) is 19.8 Å². The number of aliphatic imine (C=N–C) groups is 1. The Kier molecular flexibility index (Phi) is 6.55. The average molecular weight is 507 g/mol. The monoisotopic (exact) mass is 506 g/mol. The van der Waals surface area contributed by atoms with Gasteiger partial charge in [0.25, 0.3) is 0 Å². The van der Waals surface area contributed by atoms with Crippen molar-refractivity contribution in [1.82, 2.24) is 4.98 Å². The molecule has 0 atom stereocenters. The standard InChI is InChI=1S/C32H30N2O4/c1-18-16-19(2)29(20(3)17-18)30(25-14-12-23(33-25)21-8-6-10-27(37-4)31(21)35)26-15-13-24(34-26)22-9-7-11-28(38-5)32(22)36/h6-17,33,35-36H,1-5H3/b30-26-. The van der Waals surface area contributed by atoms with Gasteiger partial charge in [0.15, 0.2) is 23.0 Å². The summed E-state index contributed by atoms with van der Waals surface area (Å²) >= 11 is 0. The Morgan fingerprint density at radius 1 is 0.763 bits per heavy atom. The smallest absolute Gasteiger partial charge is 0.167 e. The lowest BCUT2D eigenvalue weighted by molar-refractivity contribution is 0.373. The molecule has 0 saturated carbocycles. The molecule has 0 radical (unpaired) electrons. The highest BCUT2D eigenvalue weighted by atomic mass is 16.5. The molecule has 1 aliphatic heterocycles. The molecule has 0 unspecified atom stereocenters. The topological polar surface area (TPSA) is 87.1 Å². The molecule has 38 heavy (non-hydrogen) atoms. The second-order valence-electron chi connectivity index (χ2n) is 9.36. The number of benzene rings is 3. The summed E-state index contributed by atoms with van der Waals surface area (Å²) < 4.78 is 10.6. The number of H-pyrrole nitrogens is 1. The predicted octanol–water partition coefficient (Wildman–Crippen LogP) is 6.85. The maximum atomic E-state index is 10.7. The number of rotatable bonds is 6. The van der Waals surface area contributed by atoms with Gasteiger partial charge in [-0.1, -0.05) is 29.8 Å². The fourth-order valence-corrected chi connectivity index (χ4v) is 5.12. The minimum absolute atomic E-state index is 0.0551. The number of aromatic amines is 1. The van der Waals surface area contributed by atoms with Crippen molar-refractivity contribution in [3.63, 3.8) is 0 Å². The summed E-state index contributed by atoms with van der Waals surface area (Å²) in [5.74, 6) is 0.941. The zero-order chi connectivity index (χ0) is 27.0. The first kappa shape index (κ1) is 25.0. The first-order valence-corrected chi connectivity index (χ1v) is 12.3. The summed E-state index contributed by atoms with van der Waals surface area (Å²) in [4.78, 5) is 8.46. The maximum Gasteiger partial charge on any atom is 0.167 e. The SMILES string of the molecule is COc1cccc(C2=N/C(=C(/c3ccc(-c4cccc(OC)c4O)[nH]3)c3c(C)cc(C)cc3C)C=C2)c1O. The minimum atomic E-state index is 0.0551. The zero-order valence-corrected chi connectivity index (χ0v) is 22.1. The van der Waals surface area contributed by atoms with Crippen LogP contribution in [0, 0.1) is 20.8 Å². The number of phenols is 2. The van der Waals surface area contributed by atoms with E-state index in [-0.39, 0.29) is 11.5 Å². The molecule has 4 aromatic rings. The van der Waals surface area contributed by atoms with Gasteiger partial charge >= 0.3 is 0 Å². The van der Waals surface area contributed by atoms with E-state index in [4.69, 9.17) is 14.5 Å². The number of hydrogen-bond donors (Lipinski definition) is 3. The van der Waals surface area contributed by atoms with E-state index in [0.717, 1.165) is 39.3 Å². The van der Waals surface area contributed by atoms with E-state index in [2.05, 4.69) is 37.9 Å². The van der Waals surface area contributed by atoms with Gasteiger partial charge in [0.1, 0.15) is 0 Å². The van der Waals surface area contributed by atoms with Crippen LogP contribution in [0.15, 0.2) is 83.5 Å². The van der Waals surface area contributed by atoms with Gasteiger partial charge in [0.2, 0.25) is 0 Å². The van der Waals surface area contributed by atoms with Crippen LogP contribution < -0.4 is 9.47 Å². The molecular formula is C32H30N2O4. The van der Waals surface area contributed by atoms with Gasteiger partial charge in [0, 0.05) is 28.1 Å². The lowest BCUT2D eigenvalue weighted by Crippen LogP contribution is -2.00. The second-order valence-corrected chi connectivity index (χ2v) is 9.36. The summed E-state index contributed by atoms with van der Waals surface area (Å²) in [6.45, 7) is 6.29. The van der Waals surface area contributed by atoms with Crippen LogP contribution >= 0.6 is 0 Å². The van der Waals surface area contributed by atoms with Crippen LogP contribution in [0.5, 0.6) is 23.0 Å². The number of methoxy groups -OCH3 is 2. The van der Waals surface area contributed by atoms with Crippen LogP contribution in [0.25, 0.3) is 16.8 Å². The van der Waals surface area contributed by atoms with Gasteiger partial charge in [-0.2, -0.15) is 0 Å². The molecule has 0 bridgehead atoms. The number of phenolic OH excluding ortho intramolecular Hbond substituents is 2. The van der Waals surface area contributed by atoms with Gasteiger partial charge in [0.05, 0.1) is 25.6 Å². The highest BCUT2D eigenvalue weighted by molar-refractivity contribution is 6.14. The number of nitrogens with zero attached hydrogens (tertiary/aromatic N) is 1. The number of allylic oxidation sites excluding steroid dienone is 2. The number of aromatic nitrogens is 1. The molecule has 6 heteroatoms. The van der Waals surface area contributed by atoms with Crippen LogP contribution in [0.1, 0.15) is 33.5 Å². The molecule has 3 N–H and O–H groups in total. The number of aryl methyl sites for hydroxylation is 3. The van der Waals surface area contributed by atoms with Crippen LogP contribution in [-0.4, -0.2) is 35.1 Å². The fourth-order valence-electron chi connectivity index (χ4n) is 5.12. The molecule has 0 aliphatic carbocycles. The van der Waals surface area contributed by atoms with Crippen LogP contribution in [0.3, 0.4) is 0 Å². The molecule has 0 fully saturated rings. The second kappa shape index (κ2) is 9.98. The van der Waals surface area contributed by atoms with Crippen LogP contribution in [0.2, 0.25) is 0 Å². The number of nitrogens with one attached hydrogen (secondary N) is 1. The van der Waals surface area contributed by atoms with E-state index in [9.17, 15) is 10.2 Å². The van der Waals surface area contributed by atoms with Gasteiger partial charge in [-0.25, -0.2) is 4.99 Å². The molecule has 192 valence electrons. The molecule has 0 saturated heterocycles. The van der Waals surface area contributed by atoms with E-state index in [1.807, 2.05) is 48.6 Å². The van der Waals surface area contributed by atoms with E-state index >= 15 is 0 Å². The highest BCUT2D eigenvalue weighted by Gasteiger charge is 2.22. The normalized spacial score (nSPS) is 14.0. The van der Waals surface area contributed by atoms with Crippen molar-refractivity contribution < 1.29 is 19.7 Å². The summed E-state index contributed by atoms with van der Waals surface area (Å²) in [5, 5.41) is 21.5. The van der Waals surface area contributed by atoms with Gasteiger partial charge < -0.3 is 24.7 Å². The van der Waals surface area contributed by atoms with Crippen molar-refractivity contribution in [2.75, 3.05) is 14.2 Å². The third-order valence-corrected chi connectivity index (χ3v) is 6.78. The van der Waals surface area contributed by atoms with Crippen LogP contribution in [-0.2, 0) is 0 Å². The van der Waals surface area contributed by atoms with Gasteiger partial charge in [-0.3, -0.25) is 0 Å². The fraction of sp³-hybridized carbons (Fsp3) is 0.156. The maximum absolute atomic E-state index is 10.7. The first-order valence-electron chi connectivity index (χ1n) is 12.3.